The van der Waals surface area contributed by atoms with Crippen molar-refractivity contribution in [2.75, 3.05) is 50.8 Å². The third-order valence-corrected chi connectivity index (χ3v) is 11.8. The molecule has 270 valence electrons. The number of aryl methyl sites for hydroxylation is 1. The maximum Gasteiger partial charge on any atom is 0.406 e. The number of piperazine rings is 1. The number of piperidine rings is 1. The first-order valence-electron chi connectivity index (χ1n) is 16.1. The van der Waals surface area contributed by atoms with E-state index in [9.17, 15) is 40.0 Å². The highest BCUT2D eigenvalue weighted by atomic mass is 32.2. The van der Waals surface area contributed by atoms with E-state index in [0.717, 1.165) is 65.6 Å². The van der Waals surface area contributed by atoms with E-state index in [0.29, 0.717) is 32.6 Å². The van der Waals surface area contributed by atoms with Crippen molar-refractivity contribution in [1.82, 2.24) is 28.6 Å². The van der Waals surface area contributed by atoms with Crippen LogP contribution in [-0.4, -0.2) is 107 Å². The lowest BCUT2D eigenvalue weighted by Crippen LogP contribution is -2.60. The highest BCUT2D eigenvalue weighted by molar-refractivity contribution is 7.88. The molecule has 3 aromatic heterocycles. The maximum atomic E-state index is 13.8. The van der Waals surface area contributed by atoms with E-state index in [4.69, 9.17) is 0 Å². The monoisotopic (exact) mass is 742 g/mol. The zero-order valence-corrected chi connectivity index (χ0v) is 29.0. The first-order valence-corrected chi connectivity index (χ1v) is 18.7. The van der Waals surface area contributed by atoms with Gasteiger partial charge in [0, 0.05) is 74.2 Å². The Morgan fingerprint density at radius 1 is 1.00 bits per heavy atom. The van der Waals surface area contributed by atoms with Crippen LogP contribution >= 0.6 is 11.3 Å². The number of benzene rings is 1. The zero-order valence-electron chi connectivity index (χ0n) is 27.4. The van der Waals surface area contributed by atoms with Crippen molar-refractivity contribution in [3.63, 3.8) is 0 Å². The van der Waals surface area contributed by atoms with Gasteiger partial charge in [0.25, 0.3) is 0 Å². The number of anilines is 1. The molecule has 1 atom stereocenters. The summed E-state index contributed by atoms with van der Waals surface area (Å²) in [7, 11) is -4.03. The van der Waals surface area contributed by atoms with E-state index < -0.39 is 41.4 Å². The van der Waals surface area contributed by atoms with E-state index in [1.165, 1.54) is 12.4 Å². The molecule has 10 nitrogen and oxygen atoms in total. The molecule has 18 heteroatoms. The molecule has 6 rings (SSSR count). The first-order chi connectivity index (χ1) is 23.5. The van der Waals surface area contributed by atoms with Crippen molar-refractivity contribution >= 4 is 48.3 Å². The van der Waals surface area contributed by atoms with Crippen LogP contribution in [0.4, 0.5) is 32.2 Å². The van der Waals surface area contributed by atoms with Gasteiger partial charge in [-0.25, -0.2) is 18.4 Å². The van der Waals surface area contributed by atoms with E-state index in [-0.39, 0.29) is 37.1 Å². The molecule has 2 saturated heterocycles. The number of thiophene rings is 1. The molecule has 0 aliphatic carbocycles. The quantitative estimate of drug-likeness (QED) is 0.224. The zero-order chi connectivity index (χ0) is 36.0. The van der Waals surface area contributed by atoms with Gasteiger partial charge in [-0.3, -0.25) is 9.80 Å². The highest BCUT2D eigenvalue weighted by Gasteiger charge is 2.49. The van der Waals surface area contributed by atoms with Crippen molar-refractivity contribution in [3.05, 3.63) is 52.3 Å². The number of hydrogen-bond donors (Lipinski definition) is 1. The summed E-state index contributed by atoms with van der Waals surface area (Å²) < 4.78 is 106. The largest absolute Gasteiger partial charge is 0.406 e. The van der Waals surface area contributed by atoms with Gasteiger partial charge in [0.15, 0.2) is 0 Å². The number of likely N-dealkylation sites (tertiary alicyclic amines) is 1. The van der Waals surface area contributed by atoms with Crippen LogP contribution < -0.4 is 5.32 Å². The minimum atomic E-state index is -4.71. The lowest BCUT2D eigenvalue weighted by Gasteiger charge is -2.40. The summed E-state index contributed by atoms with van der Waals surface area (Å²) >= 11 is 1.02. The van der Waals surface area contributed by atoms with E-state index >= 15 is 0 Å². The lowest BCUT2D eigenvalue weighted by molar-refractivity contribution is -0.182. The Morgan fingerprint density at radius 2 is 1.74 bits per heavy atom. The van der Waals surface area contributed by atoms with Crippen molar-refractivity contribution in [3.8, 4) is 6.07 Å². The first kappa shape index (κ1) is 36.3. The number of halogens is 6. The number of nitriles is 1. The SMILES string of the molecule is Cc1c(CN2CCC(Nc3ncnc4sc(CC(F)(F)F)cc34)CC2)ccc2c1cc(C#N)n2CCN1CCN(S(C)(=O)=O)C(C(F)(F)F)C1. The van der Waals surface area contributed by atoms with Gasteiger partial charge in [-0.05, 0) is 49.1 Å². The highest BCUT2D eigenvalue weighted by Crippen LogP contribution is 2.34. The number of fused-ring (bicyclic) bond motifs is 2. The Bertz CT molecular complexity index is 2010. The van der Waals surface area contributed by atoms with Crippen molar-refractivity contribution in [2.24, 2.45) is 0 Å². The molecule has 5 heterocycles. The van der Waals surface area contributed by atoms with Gasteiger partial charge in [0.2, 0.25) is 10.0 Å². The van der Waals surface area contributed by atoms with Gasteiger partial charge in [0.05, 0.1) is 18.1 Å². The second-order valence-electron chi connectivity index (χ2n) is 12.9. The fourth-order valence-electron chi connectivity index (χ4n) is 6.93. The summed E-state index contributed by atoms with van der Waals surface area (Å²) in [6.45, 7) is 4.12. The predicted molar refractivity (Wildman–Crippen MR) is 178 cm³/mol. The smallest absolute Gasteiger partial charge is 0.367 e. The number of nitrogens with zero attached hydrogens (tertiary/aromatic N) is 7. The average Bonchev–Trinajstić information content (AvgIpc) is 3.61. The molecule has 0 saturated carbocycles. The molecular formula is C32H36F6N8O2S2. The minimum absolute atomic E-state index is 0.0897. The molecule has 4 aromatic rings. The van der Waals surface area contributed by atoms with Crippen LogP contribution in [0.25, 0.3) is 21.1 Å². The summed E-state index contributed by atoms with van der Waals surface area (Å²) in [6, 6.07) is 7.43. The van der Waals surface area contributed by atoms with Crippen LogP contribution in [0.2, 0.25) is 0 Å². The summed E-state index contributed by atoms with van der Waals surface area (Å²) in [6.07, 6.45) is -6.26. The Labute approximate surface area is 289 Å². The van der Waals surface area contributed by atoms with E-state index in [1.807, 2.05) is 19.1 Å². The van der Waals surface area contributed by atoms with Gasteiger partial charge in [-0.2, -0.15) is 35.9 Å². The molecule has 2 aliphatic heterocycles. The Hall–Kier alpha value is -3.50. The number of sulfonamides is 1. The standard InChI is InChI=1S/C32H36F6N8O2S2/c1-20-21(17-43-7-5-22(6-8-43)42-29-26-14-24(15-31(33,34)35)49-30(26)41-19-40-29)3-4-27-25(20)13-23(16-39)45(27)11-9-44-10-12-46(50(2,47)48)28(18-44)32(36,37)38/h3-4,13-14,19,22,28H,5-12,15,17-18H2,1-2H3,(H,40,41,42). The number of aromatic nitrogens is 3. The third kappa shape index (κ3) is 8.01. The summed E-state index contributed by atoms with van der Waals surface area (Å²) in [5.41, 5.74) is 3.29. The molecule has 0 amide bonds. The number of alkyl halides is 6. The molecule has 2 fully saturated rings. The number of nitrogens with one attached hydrogen (secondary N) is 1. The predicted octanol–water partition coefficient (Wildman–Crippen LogP) is 5.52. The van der Waals surface area contributed by atoms with Crippen LogP contribution in [0.5, 0.6) is 0 Å². The Kier molecular flexibility index (Phi) is 10.1. The summed E-state index contributed by atoms with van der Waals surface area (Å²) in [4.78, 5) is 13.1. The second-order valence-corrected chi connectivity index (χ2v) is 16.0. The molecule has 1 aromatic carbocycles. The van der Waals surface area contributed by atoms with Crippen molar-refractivity contribution in [2.45, 2.75) is 63.7 Å². The Morgan fingerprint density at radius 3 is 2.40 bits per heavy atom. The average molecular weight is 743 g/mol. The van der Waals surface area contributed by atoms with Crippen LogP contribution in [-0.2, 0) is 29.5 Å². The molecule has 1 N–H and O–H groups in total. The van der Waals surface area contributed by atoms with Crippen molar-refractivity contribution < 1.29 is 34.8 Å². The summed E-state index contributed by atoms with van der Waals surface area (Å²) in [5, 5.41) is 14.8. The van der Waals surface area contributed by atoms with Crippen LogP contribution in [0.3, 0.4) is 0 Å². The molecule has 50 heavy (non-hydrogen) atoms. The molecule has 2 aliphatic rings. The second kappa shape index (κ2) is 13.9. The maximum absolute atomic E-state index is 13.8. The van der Waals surface area contributed by atoms with Crippen molar-refractivity contribution in [1.29, 1.82) is 5.26 Å². The van der Waals surface area contributed by atoms with Gasteiger partial charge < -0.3 is 9.88 Å². The molecule has 0 spiro atoms. The van der Waals surface area contributed by atoms with Crippen LogP contribution in [0.1, 0.15) is 34.5 Å². The van der Waals surface area contributed by atoms with E-state index in [1.54, 1.807) is 15.5 Å². The third-order valence-electron chi connectivity index (χ3n) is 9.52. The normalized spacial score (nSPS) is 19.4. The lowest BCUT2D eigenvalue weighted by atomic mass is 10.0. The number of hydrogen-bond acceptors (Lipinski definition) is 9. The molecule has 0 radical (unpaired) electrons. The van der Waals surface area contributed by atoms with Gasteiger partial charge in [0.1, 0.15) is 34.8 Å². The van der Waals surface area contributed by atoms with Gasteiger partial charge >= 0.3 is 12.4 Å². The van der Waals surface area contributed by atoms with Gasteiger partial charge in [-0.1, -0.05) is 6.07 Å². The Balaban J connectivity index is 1.08. The van der Waals surface area contributed by atoms with Gasteiger partial charge in [-0.15, -0.1) is 11.3 Å². The van der Waals surface area contributed by atoms with E-state index in [2.05, 4.69) is 26.3 Å². The molecule has 0 bridgehead atoms. The number of rotatable bonds is 9. The fourth-order valence-corrected chi connectivity index (χ4v) is 9.02. The van der Waals surface area contributed by atoms with Crippen LogP contribution in [0.15, 0.2) is 30.6 Å². The minimum Gasteiger partial charge on any atom is -0.367 e. The van der Waals surface area contributed by atoms with Crippen LogP contribution in [0, 0.1) is 18.3 Å². The topological polar surface area (TPSA) is 110 Å². The summed E-state index contributed by atoms with van der Waals surface area (Å²) in [5.74, 6) is 0.536. The fraction of sp³-hybridized carbons (Fsp3) is 0.531. The molecular weight excluding hydrogens is 707 g/mol. The molecule has 1 unspecified atom stereocenters.